The molecule has 2 aromatic heterocycles. The molecule has 0 aliphatic heterocycles. The van der Waals surface area contributed by atoms with Crippen LogP contribution in [0.15, 0.2) is 18.5 Å². The van der Waals surface area contributed by atoms with Gasteiger partial charge in [0.05, 0.1) is 7.05 Å². The maximum Gasteiger partial charge on any atom is 0.176 e. The van der Waals surface area contributed by atoms with Crippen LogP contribution in [0.2, 0.25) is 0 Å². The van der Waals surface area contributed by atoms with Crippen molar-refractivity contribution in [1.29, 1.82) is 0 Å². The van der Waals surface area contributed by atoms with Crippen molar-refractivity contribution in [2.24, 2.45) is 7.05 Å². The van der Waals surface area contributed by atoms with Crippen molar-refractivity contribution in [1.82, 2.24) is 30.5 Å². The summed E-state index contributed by atoms with van der Waals surface area (Å²) in [5.41, 5.74) is 2.38. The fourth-order valence-corrected chi connectivity index (χ4v) is 1.80. The first-order valence-corrected chi connectivity index (χ1v) is 5.51. The number of nitrogens with one attached hydrogen (secondary N) is 1. The number of nitrogens with zero attached hydrogens (tertiary/aromatic N) is 5. The summed E-state index contributed by atoms with van der Waals surface area (Å²) < 4.78 is 0. The predicted octanol–water partition coefficient (Wildman–Crippen LogP) is 0.417. The van der Waals surface area contributed by atoms with Crippen LogP contribution in [0.3, 0.4) is 0 Å². The highest BCUT2D eigenvalue weighted by Crippen LogP contribution is 2.18. The maximum atomic E-state index is 4.19. The first kappa shape index (κ1) is 11.7. The SMILES string of the molecule is CNC(Cc1nnn(C)n1)c1cnccc1C. The van der Waals surface area contributed by atoms with E-state index in [1.54, 1.807) is 13.2 Å². The van der Waals surface area contributed by atoms with Gasteiger partial charge in [0.1, 0.15) is 0 Å². The molecule has 1 unspecified atom stereocenters. The Kier molecular flexibility index (Phi) is 3.43. The van der Waals surface area contributed by atoms with E-state index in [0.717, 1.165) is 5.82 Å². The van der Waals surface area contributed by atoms with E-state index in [1.165, 1.54) is 15.9 Å². The largest absolute Gasteiger partial charge is 0.313 e. The summed E-state index contributed by atoms with van der Waals surface area (Å²) in [6.45, 7) is 2.07. The Bertz CT molecular complexity index is 492. The molecule has 0 aliphatic rings. The van der Waals surface area contributed by atoms with Crippen molar-refractivity contribution in [3.8, 4) is 0 Å². The highest BCUT2D eigenvalue weighted by atomic mass is 15.6. The van der Waals surface area contributed by atoms with Gasteiger partial charge in [-0.15, -0.1) is 10.2 Å². The first-order valence-electron chi connectivity index (χ1n) is 5.51. The van der Waals surface area contributed by atoms with Gasteiger partial charge >= 0.3 is 0 Å². The lowest BCUT2D eigenvalue weighted by atomic mass is 10.0. The smallest absolute Gasteiger partial charge is 0.176 e. The van der Waals surface area contributed by atoms with E-state index < -0.39 is 0 Å². The summed E-state index contributed by atoms with van der Waals surface area (Å²) in [6.07, 6.45) is 4.38. The van der Waals surface area contributed by atoms with Gasteiger partial charge in [0, 0.05) is 24.9 Å². The Morgan fingerprint density at radius 2 is 2.29 bits per heavy atom. The number of aromatic nitrogens is 5. The Morgan fingerprint density at radius 3 is 2.88 bits per heavy atom. The highest BCUT2D eigenvalue weighted by Gasteiger charge is 2.15. The summed E-state index contributed by atoms with van der Waals surface area (Å²) in [4.78, 5) is 5.63. The minimum atomic E-state index is 0.160. The zero-order chi connectivity index (χ0) is 12.3. The molecule has 0 saturated carbocycles. The van der Waals surface area contributed by atoms with Gasteiger partial charge in [-0.3, -0.25) is 4.98 Å². The summed E-state index contributed by atoms with van der Waals surface area (Å²) in [6, 6.07) is 2.16. The van der Waals surface area contributed by atoms with Gasteiger partial charge in [-0.2, -0.15) is 4.80 Å². The van der Waals surface area contributed by atoms with E-state index in [2.05, 4.69) is 32.6 Å². The quantitative estimate of drug-likeness (QED) is 0.827. The molecule has 1 atom stereocenters. The monoisotopic (exact) mass is 232 g/mol. The number of aryl methyl sites for hydroxylation is 2. The van der Waals surface area contributed by atoms with E-state index in [0.29, 0.717) is 6.42 Å². The maximum absolute atomic E-state index is 4.19. The minimum absolute atomic E-state index is 0.160. The Morgan fingerprint density at radius 1 is 1.47 bits per heavy atom. The van der Waals surface area contributed by atoms with Gasteiger partial charge in [-0.25, -0.2) is 0 Å². The molecule has 0 amide bonds. The van der Waals surface area contributed by atoms with Crippen molar-refractivity contribution in [3.63, 3.8) is 0 Å². The average Bonchev–Trinajstić information content (AvgIpc) is 2.73. The summed E-state index contributed by atoms with van der Waals surface area (Å²) in [5.74, 6) is 0.732. The zero-order valence-electron chi connectivity index (χ0n) is 10.3. The molecular formula is C11H16N6. The molecule has 17 heavy (non-hydrogen) atoms. The molecule has 1 N–H and O–H groups in total. The van der Waals surface area contributed by atoms with Crippen molar-refractivity contribution in [3.05, 3.63) is 35.4 Å². The lowest BCUT2D eigenvalue weighted by Gasteiger charge is -2.16. The number of hydrogen-bond acceptors (Lipinski definition) is 5. The number of pyridine rings is 1. The van der Waals surface area contributed by atoms with Crippen LogP contribution in [0, 0.1) is 6.92 Å². The van der Waals surface area contributed by atoms with Gasteiger partial charge in [0.15, 0.2) is 5.82 Å². The normalized spacial score (nSPS) is 12.6. The van der Waals surface area contributed by atoms with E-state index in [-0.39, 0.29) is 6.04 Å². The standard InChI is InChI=1S/C11H16N6/c1-8-4-5-13-7-9(8)10(12-2)6-11-14-16-17(3)15-11/h4-5,7,10,12H,6H2,1-3H3. The zero-order valence-corrected chi connectivity index (χ0v) is 10.3. The Balaban J connectivity index is 2.20. The van der Waals surface area contributed by atoms with E-state index in [4.69, 9.17) is 0 Å². The van der Waals surface area contributed by atoms with Crippen LogP contribution in [0.5, 0.6) is 0 Å². The van der Waals surface area contributed by atoms with E-state index in [1.807, 2.05) is 19.3 Å². The molecule has 0 aromatic carbocycles. The molecule has 2 rings (SSSR count). The fraction of sp³-hybridized carbons (Fsp3) is 0.455. The van der Waals surface area contributed by atoms with E-state index >= 15 is 0 Å². The second-order valence-electron chi connectivity index (χ2n) is 3.97. The van der Waals surface area contributed by atoms with Crippen molar-refractivity contribution < 1.29 is 0 Å². The second kappa shape index (κ2) is 5.01. The van der Waals surface area contributed by atoms with Crippen molar-refractivity contribution >= 4 is 0 Å². The van der Waals surface area contributed by atoms with Gasteiger partial charge < -0.3 is 5.32 Å². The fourth-order valence-electron chi connectivity index (χ4n) is 1.80. The topological polar surface area (TPSA) is 68.5 Å². The average molecular weight is 232 g/mol. The van der Waals surface area contributed by atoms with Crippen LogP contribution in [-0.2, 0) is 13.5 Å². The Labute approximate surface area is 100 Å². The molecule has 2 aromatic rings. The van der Waals surface area contributed by atoms with Gasteiger partial charge in [0.2, 0.25) is 0 Å². The third-order valence-corrected chi connectivity index (χ3v) is 2.74. The van der Waals surface area contributed by atoms with Crippen LogP contribution in [-0.4, -0.2) is 32.2 Å². The van der Waals surface area contributed by atoms with Crippen LogP contribution in [0.1, 0.15) is 23.0 Å². The van der Waals surface area contributed by atoms with Crippen LogP contribution in [0.25, 0.3) is 0 Å². The third-order valence-electron chi connectivity index (χ3n) is 2.74. The van der Waals surface area contributed by atoms with Crippen molar-refractivity contribution in [2.45, 2.75) is 19.4 Å². The summed E-state index contributed by atoms with van der Waals surface area (Å²) in [7, 11) is 3.69. The van der Waals surface area contributed by atoms with Crippen LogP contribution < -0.4 is 5.32 Å². The predicted molar refractivity (Wildman–Crippen MR) is 63.3 cm³/mol. The molecule has 0 aliphatic carbocycles. The molecule has 90 valence electrons. The van der Waals surface area contributed by atoms with E-state index in [9.17, 15) is 0 Å². The first-order chi connectivity index (χ1) is 8.20. The number of likely N-dealkylation sites (N-methyl/N-ethyl adjacent to an activating group) is 1. The molecule has 6 nitrogen and oxygen atoms in total. The summed E-state index contributed by atoms with van der Waals surface area (Å²) >= 11 is 0. The molecular weight excluding hydrogens is 216 g/mol. The van der Waals surface area contributed by atoms with Crippen LogP contribution >= 0.6 is 0 Å². The minimum Gasteiger partial charge on any atom is -0.313 e. The molecule has 0 radical (unpaired) electrons. The van der Waals surface area contributed by atoms with Crippen molar-refractivity contribution in [2.75, 3.05) is 7.05 Å². The molecule has 0 saturated heterocycles. The molecule has 0 spiro atoms. The molecule has 6 heteroatoms. The van der Waals surface area contributed by atoms with Gasteiger partial charge in [0.25, 0.3) is 0 Å². The second-order valence-corrected chi connectivity index (χ2v) is 3.97. The lowest BCUT2D eigenvalue weighted by Crippen LogP contribution is -2.20. The number of rotatable bonds is 4. The lowest BCUT2D eigenvalue weighted by molar-refractivity contribution is 0.566. The van der Waals surface area contributed by atoms with Crippen LogP contribution in [0.4, 0.5) is 0 Å². The number of tetrazole rings is 1. The molecule has 0 bridgehead atoms. The van der Waals surface area contributed by atoms with Gasteiger partial charge in [-0.05, 0) is 36.4 Å². The summed E-state index contributed by atoms with van der Waals surface area (Å²) in [5, 5.41) is 15.3. The highest BCUT2D eigenvalue weighted by molar-refractivity contribution is 5.25. The molecule has 2 heterocycles. The third kappa shape index (κ3) is 2.65. The molecule has 0 fully saturated rings. The number of hydrogen-bond donors (Lipinski definition) is 1. The Hall–Kier alpha value is -1.82. The van der Waals surface area contributed by atoms with Gasteiger partial charge in [-0.1, -0.05) is 0 Å².